The lowest BCUT2D eigenvalue weighted by Gasteiger charge is -2.34. The molecule has 0 radical (unpaired) electrons. The molecule has 8 heteroatoms. The zero-order chi connectivity index (χ0) is 24.8. The van der Waals surface area contributed by atoms with Gasteiger partial charge < -0.3 is 14.2 Å². The first kappa shape index (κ1) is 25.0. The SMILES string of the molecule is Cc1cccc(CN2CCN(C(=O)COC(=O)c3ccccc3SCc3c(C)noc3C)CC2)c1. The summed E-state index contributed by atoms with van der Waals surface area (Å²) in [6, 6.07) is 15.8. The summed E-state index contributed by atoms with van der Waals surface area (Å²) in [6.07, 6.45) is 0. The minimum atomic E-state index is -0.488. The van der Waals surface area contributed by atoms with Gasteiger partial charge in [0.25, 0.3) is 5.91 Å². The molecule has 0 unspecified atom stereocenters. The van der Waals surface area contributed by atoms with Crippen molar-refractivity contribution in [2.75, 3.05) is 32.8 Å². The number of carbonyl (C=O) groups excluding carboxylic acids is 2. The third-order valence-corrected chi connectivity index (χ3v) is 7.30. The highest BCUT2D eigenvalue weighted by molar-refractivity contribution is 7.98. The van der Waals surface area contributed by atoms with E-state index in [1.807, 2.05) is 26.0 Å². The van der Waals surface area contributed by atoms with Gasteiger partial charge in [0, 0.05) is 48.9 Å². The Balaban J connectivity index is 1.26. The quantitative estimate of drug-likeness (QED) is 0.340. The van der Waals surface area contributed by atoms with Crippen LogP contribution in [0.3, 0.4) is 0 Å². The van der Waals surface area contributed by atoms with Crippen LogP contribution in [0.2, 0.25) is 0 Å². The van der Waals surface area contributed by atoms with Gasteiger partial charge in [-0.1, -0.05) is 47.1 Å². The number of esters is 1. The van der Waals surface area contributed by atoms with E-state index in [-0.39, 0.29) is 12.5 Å². The molecule has 0 N–H and O–H groups in total. The van der Waals surface area contributed by atoms with Crippen LogP contribution in [0, 0.1) is 20.8 Å². The van der Waals surface area contributed by atoms with Gasteiger partial charge in [0.15, 0.2) is 6.61 Å². The van der Waals surface area contributed by atoms with Gasteiger partial charge in [-0.05, 0) is 38.5 Å². The topological polar surface area (TPSA) is 75.9 Å². The summed E-state index contributed by atoms with van der Waals surface area (Å²) < 4.78 is 10.6. The van der Waals surface area contributed by atoms with Crippen molar-refractivity contribution in [3.8, 4) is 0 Å². The van der Waals surface area contributed by atoms with Crippen molar-refractivity contribution >= 4 is 23.6 Å². The van der Waals surface area contributed by atoms with Crippen molar-refractivity contribution in [2.45, 2.75) is 38.0 Å². The van der Waals surface area contributed by atoms with Gasteiger partial charge in [-0.2, -0.15) is 0 Å². The molecule has 1 aromatic heterocycles. The largest absolute Gasteiger partial charge is 0.452 e. The van der Waals surface area contributed by atoms with Crippen LogP contribution in [0.1, 0.15) is 38.5 Å². The van der Waals surface area contributed by atoms with E-state index in [9.17, 15) is 9.59 Å². The van der Waals surface area contributed by atoms with Crippen LogP contribution in [-0.2, 0) is 21.8 Å². The van der Waals surface area contributed by atoms with Crippen LogP contribution in [0.4, 0.5) is 0 Å². The second-order valence-electron chi connectivity index (χ2n) is 8.81. The van der Waals surface area contributed by atoms with Crippen LogP contribution >= 0.6 is 11.8 Å². The van der Waals surface area contributed by atoms with E-state index in [1.54, 1.807) is 17.0 Å². The maximum Gasteiger partial charge on any atom is 0.339 e. The summed E-state index contributed by atoms with van der Waals surface area (Å²) in [6.45, 7) is 9.37. The smallest absolute Gasteiger partial charge is 0.339 e. The number of amides is 1. The number of aromatic nitrogens is 1. The standard InChI is InChI=1S/C27H31N3O4S/c1-19-7-6-8-22(15-19)16-29-11-13-30(14-12-29)26(31)17-33-27(32)23-9-4-5-10-25(23)35-18-24-20(2)28-34-21(24)3/h4-10,15H,11-14,16-18H2,1-3H3. The van der Waals surface area contributed by atoms with E-state index in [0.29, 0.717) is 24.4 Å². The molecule has 35 heavy (non-hydrogen) atoms. The molecule has 3 aromatic rings. The van der Waals surface area contributed by atoms with Crippen LogP contribution in [0.15, 0.2) is 57.9 Å². The van der Waals surface area contributed by atoms with E-state index in [1.165, 1.54) is 22.9 Å². The number of rotatable bonds is 8. The zero-order valence-corrected chi connectivity index (χ0v) is 21.3. The number of thioether (sulfide) groups is 1. The maximum absolute atomic E-state index is 12.8. The zero-order valence-electron chi connectivity index (χ0n) is 20.5. The molecule has 0 atom stereocenters. The highest BCUT2D eigenvalue weighted by Gasteiger charge is 2.23. The molecule has 1 aliphatic heterocycles. The summed E-state index contributed by atoms with van der Waals surface area (Å²) in [7, 11) is 0. The van der Waals surface area contributed by atoms with Gasteiger partial charge >= 0.3 is 5.97 Å². The lowest BCUT2D eigenvalue weighted by atomic mass is 10.1. The molecule has 0 saturated carbocycles. The average Bonchev–Trinajstić information content (AvgIpc) is 3.18. The Kier molecular flexibility index (Phi) is 8.25. The Labute approximate surface area is 210 Å². The number of nitrogens with zero attached hydrogens (tertiary/aromatic N) is 3. The van der Waals surface area contributed by atoms with Crippen molar-refractivity contribution < 1.29 is 18.8 Å². The van der Waals surface area contributed by atoms with Gasteiger partial charge in [-0.3, -0.25) is 9.69 Å². The van der Waals surface area contributed by atoms with E-state index in [4.69, 9.17) is 9.26 Å². The average molecular weight is 494 g/mol. The number of ether oxygens (including phenoxy) is 1. The first-order valence-corrected chi connectivity index (χ1v) is 12.8. The molecule has 1 aliphatic rings. The Morgan fingerprint density at radius 2 is 1.80 bits per heavy atom. The van der Waals surface area contributed by atoms with E-state index >= 15 is 0 Å². The molecule has 1 amide bonds. The highest BCUT2D eigenvalue weighted by atomic mass is 32.2. The summed E-state index contributed by atoms with van der Waals surface area (Å²) in [4.78, 5) is 30.4. The minimum absolute atomic E-state index is 0.158. The van der Waals surface area contributed by atoms with Crippen molar-refractivity contribution in [2.24, 2.45) is 0 Å². The first-order valence-electron chi connectivity index (χ1n) is 11.8. The van der Waals surface area contributed by atoms with Crippen LogP contribution in [-0.4, -0.2) is 59.6 Å². The molecule has 4 rings (SSSR count). The highest BCUT2D eigenvalue weighted by Crippen LogP contribution is 2.29. The second kappa shape index (κ2) is 11.6. The predicted octanol–water partition coefficient (Wildman–Crippen LogP) is 4.39. The van der Waals surface area contributed by atoms with Crippen molar-refractivity contribution in [1.82, 2.24) is 15.0 Å². The number of piperazine rings is 1. The lowest BCUT2D eigenvalue weighted by Crippen LogP contribution is -2.49. The molecule has 0 aliphatic carbocycles. The molecule has 7 nitrogen and oxygen atoms in total. The molecular formula is C27H31N3O4S. The van der Waals surface area contributed by atoms with Crippen LogP contribution < -0.4 is 0 Å². The summed E-state index contributed by atoms with van der Waals surface area (Å²) in [5.74, 6) is 0.768. The van der Waals surface area contributed by atoms with E-state index in [0.717, 1.165) is 41.5 Å². The van der Waals surface area contributed by atoms with Gasteiger partial charge in [-0.15, -0.1) is 11.8 Å². The summed E-state index contributed by atoms with van der Waals surface area (Å²) >= 11 is 1.52. The van der Waals surface area contributed by atoms with Gasteiger partial charge in [0.1, 0.15) is 5.76 Å². The van der Waals surface area contributed by atoms with Crippen molar-refractivity contribution in [1.29, 1.82) is 0 Å². The third kappa shape index (κ3) is 6.52. The van der Waals surface area contributed by atoms with Crippen LogP contribution in [0.25, 0.3) is 0 Å². The van der Waals surface area contributed by atoms with Gasteiger partial charge in [0.05, 0.1) is 11.3 Å². The molecule has 0 bridgehead atoms. The molecule has 2 heterocycles. The number of aryl methyl sites for hydroxylation is 3. The fourth-order valence-electron chi connectivity index (χ4n) is 4.14. The fraction of sp³-hybridized carbons (Fsp3) is 0.370. The van der Waals surface area contributed by atoms with Crippen LogP contribution in [0.5, 0.6) is 0 Å². The fourth-order valence-corrected chi connectivity index (χ4v) is 5.33. The Morgan fingerprint density at radius 1 is 1.03 bits per heavy atom. The Morgan fingerprint density at radius 3 is 2.51 bits per heavy atom. The summed E-state index contributed by atoms with van der Waals surface area (Å²) in [5, 5.41) is 3.98. The summed E-state index contributed by atoms with van der Waals surface area (Å²) in [5.41, 5.74) is 4.86. The third-order valence-electron chi connectivity index (χ3n) is 6.20. The van der Waals surface area contributed by atoms with E-state index in [2.05, 4.69) is 41.2 Å². The molecule has 184 valence electrons. The number of benzene rings is 2. The number of hydrogen-bond acceptors (Lipinski definition) is 7. The normalized spacial score (nSPS) is 14.2. The molecule has 1 saturated heterocycles. The van der Waals surface area contributed by atoms with Crippen molar-refractivity contribution in [3.05, 3.63) is 82.2 Å². The maximum atomic E-state index is 12.8. The number of carbonyl (C=O) groups is 2. The molecular weight excluding hydrogens is 462 g/mol. The molecule has 0 spiro atoms. The number of hydrogen-bond donors (Lipinski definition) is 0. The predicted molar refractivity (Wildman–Crippen MR) is 135 cm³/mol. The Bertz CT molecular complexity index is 1170. The van der Waals surface area contributed by atoms with Gasteiger partial charge in [0.2, 0.25) is 0 Å². The lowest BCUT2D eigenvalue weighted by molar-refractivity contribution is -0.136. The second-order valence-corrected chi connectivity index (χ2v) is 9.83. The Hall–Kier alpha value is -3.10. The van der Waals surface area contributed by atoms with E-state index < -0.39 is 5.97 Å². The first-order chi connectivity index (χ1) is 16.9. The van der Waals surface area contributed by atoms with Gasteiger partial charge in [-0.25, -0.2) is 4.79 Å². The molecule has 2 aromatic carbocycles. The minimum Gasteiger partial charge on any atom is -0.452 e. The van der Waals surface area contributed by atoms with Crippen molar-refractivity contribution in [3.63, 3.8) is 0 Å². The molecule has 1 fully saturated rings. The monoisotopic (exact) mass is 493 g/mol.